The van der Waals surface area contributed by atoms with E-state index >= 15 is 0 Å². The van der Waals surface area contributed by atoms with Crippen molar-refractivity contribution in [2.75, 3.05) is 6.61 Å². The Labute approximate surface area is 107 Å². The number of carbonyl (C=O) groups is 1. The molecule has 0 aromatic heterocycles. The summed E-state index contributed by atoms with van der Waals surface area (Å²) in [6.45, 7) is 2.01. The van der Waals surface area contributed by atoms with Crippen molar-refractivity contribution in [3.8, 4) is 6.07 Å². The molecule has 0 fully saturated rings. The van der Waals surface area contributed by atoms with Gasteiger partial charge in [0.15, 0.2) is 0 Å². The zero-order valence-corrected chi connectivity index (χ0v) is 11.0. The fourth-order valence-corrected chi connectivity index (χ4v) is 1.94. The maximum atomic E-state index is 11.6. The fraction of sp³-hybridized carbons (Fsp3) is 0.200. The highest BCUT2D eigenvalue weighted by Gasteiger charge is 2.18. The van der Waals surface area contributed by atoms with Crippen LogP contribution in [-0.4, -0.2) is 12.6 Å². The first-order chi connectivity index (χ1) is 7.11. The lowest BCUT2D eigenvalue weighted by Crippen LogP contribution is -2.09. The largest absolute Gasteiger partial charge is 0.462 e. The van der Waals surface area contributed by atoms with Crippen LogP contribution < -0.4 is 0 Å². The van der Waals surface area contributed by atoms with Crippen LogP contribution >= 0.6 is 35.2 Å². The Morgan fingerprint density at radius 3 is 2.87 bits per heavy atom. The quantitative estimate of drug-likeness (QED) is 0.514. The van der Waals surface area contributed by atoms with Crippen LogP contribution in [0.3, 0.4) is 0 Å². The number of esters is 1. The lowest BCUT2D eigenvalue weighted by Gasteiger charge is -2.07. The van der Waals surface area contributed by atoms with Crippen LogP contribution in [0, 0.1) is 14.9 Å². The molecule has 0 aliphatic heterocycles. The molecule has 0 saturated carbocycles. The minimum atomic E-state index is -0.477. The summed E-state index contributed by atoms with van der Waals surface area (Å²) < 4.78 is 5.52. The van der Waals surface area contributed by atoms with Crippen LogP contribution in [0.25, 0.3) is 0 Å². The Morgan fingerprint density at radius 2 is 2.33 bits per heavy atom. The zero-order chi connectivity index (χ0) is 11.4. The minimum Gasteiger partial charge on any atom is -0.462 e. The number of hydrogen-bond acceptors (Lipinski definition) is 4. The van der Waals surface area contributed by atoms with Gasteiger partial charge in [-0.25, -0.2) is 4.79 Å². The number of nitriles is 1. The smallest absolute Gasteiger partial charge is 0.340 e. The summed E-state index contributed by atoms with van der Waals surface area (Å²) in [5.74, 6) is -0.477. The van der Waals surface area contributed by atoms with Crippen molar-refractivity contribution in [2.24, 2.45) is 0 Å². The molecule has 0 radical (unpaired) electrons. The van der Waals surface area contributed by atoms with E-state index < -0.39 is 5.97 Å². The number of halogens is 1. The van der Waals surface area contributed by atoms with Crippen molar-refractivity contribution in [1.29, 1.82) is 5.26 Å². The van der Waals surface area contributed by atoms with Crippen molar-refractivity contribution >= 4 is 41.2 Å². The predicted molar refractivity (Wildman–Crippen MR) is 67.1 cm³/mol. The molecule has 1 aromatic rings. The maximum absolute atomic E-state index is 11.6. The first kappa shape index (κ1) is 12.3. The van der Waals surface area contributed by atoms with Gasteiger partial charge in [0.2, 0.25) is 0 Å². The van der Waals surface area contributed by atoms with Crippen molar-refractivity contribution in [3.63, 3.8) is 0 Å². The van der Waals surface area contributed by atoms with Crippen LogP contribution in [0.15, 0.2) is 17.0 Å². The predicted octanol–water partition coefficient (Wildman–Crippen LogP) is 2.63. The van der Waals surface area contributed by atoms with Gasteiger partial charge in [-0.3, -0.25) is 0 Å². The molecule has 0 N–H and O–H groups in total. The Balaban J connectivity index is 3.31. The Hall–Kier alpha value is -0.740. The van der Waals surface area contributed by atoms with Gasteiger partial charge in [0.25, 0.3) is 0 Å². The number of ether oxygens (including phenoxy) is 1. The zero-order valence-electron chi connectivity index (χ0n) is 7.95. The molecule has 15 heavy (non-hydrogen) atoms. The molecule has 0 spiro atoms. The summed E-state index contributed by atoms with van der Waals surface area (Å²) >= 11 is 6.17. The van der Waals surface area contributed by atoms with Crippen molar-refractivity contribution in [3.05, 3.63) is 26.8 Å². The Morgan fingerprint density at radius 1 is 1.67 bits per heavy atom. The Kier molecular flexibility index (Phi) is 4.42. The molecule has 1 rings (SSSR count). The molecule has 0 bridgehead atoms. The summed E-state index contributed by atoms with van der Waals surface area (Å²) in [5.41, 5.74) is 0.614. The SMILES string of the molecule is CCOC(=O)c1c(C#N)ccc(S)c1I. The van der Waals surface area contributed by atoms with E-state index in [1.54, 1.807) is 19.1 Å². The second-order valence-electron chi connectivity index (χ2n) is 2.65. The summed E-state index contributed by atoms with van der Waals surface area (Å²) in [7, 11) is 0. The molecule has 0 saturated heterocycles. The summed E-state index contributed by atoms with van der Waals surface area (Å²) in [6.07, 6.45) is 0. The van der Waals surface area contributed by atoms with E-state index in [2.05, 4.69) is 12.6 Å². The summed E-state index contributed by atoms with van der Waals surface area (Å²) in [5, 5.41) is 8.86. The van der Waals surface area contributed by atoms with Crippen LogP contribution in [0.5, 0.6) is 0 Å². The van der Waals surface area contributed by atoms with Gasteiger partial charge < -0.3 is 4.74 Å². The van der Waals surface area contributed by atoms with E-state index in [1.165, 1.54) is 0 Å². The standard InChI is InChI=1S/C10H8INO2S/c1-2-14-10(13)8-6(5-12)3-4-7(15)9(8)11/h3-4,15H,2H2,1H3. The first-order valence-corrected chi connectivity index (χ1v) is 5.73. The van der Waals surface area contributed by atoms with E-state index in [0.29, 0.717) is 19.6 Å². The molecule has 0 atom stereocenters. The molecule has 78 valence electrons. The van der Waals surface area contributed by atoms with E-state index in [0.717, 1.165) is 0 Å². The number of thiol groups is 1. The average molecular weight is 333 g/mol. The van der Waals surface area contributed by atoms with Gasteiger partial charge in [0.05, 0.1) is 17.7 Å². The molecule has 0 aliphatic rings. The van der Waals surface area contributed by atoms with E-state index in [1.807, 2.05) is 28.7 Å². The third-order valence-corrected chi connectivity index (χ3v) is 3.64. The van der Waals surface area contributed by atoms with Gasteiger partial charge in [-0.2, -0.15) is 5.26 Å². The molecular formula is C10H8INO2S. The summed E-state index contributed by atoms with van der Waals surface area (Å²) in [6, 6.07) is 5.22. The number of carbonyl (C=O) groups excluding carboxylic acids is 1. The molecule has 5 heteroatoms. The molecule has 0 heterocycles. The van der Waals surface area contributed by atoms with Crippen molar-refractivity contribution < 1.29 is 9.53 Å². The van der Waals surface area contributed by atoms with Crippen molar-refractivity contribution in [1.82, 2.24) is 0 Å². The third-order valence-electron chi connectivity index (χ3n) is 1.72. The Bertz CT molecular complexity index is 440. The highest BCUT2D eigenvalue weighted by molar-refractivity contribution is 14.1. The first-order valence-electron chi connectivity index (χ1n) is 4.20. The van der Waals surface area contributed by atoms with Gasteiger partial charge >= 0.3 is 5.97 Å². The average Bonchev–Trinajstić information content (AvgIpc) is 2.22. The van der Waals surface area contributed by atoms with Gasteiger partial charge in [-0.05, 0) is 41.6 Å². The monoisotopic (exact) mass is 333 g/mol. The van der Waals surface area contributed by atoms with Crippen LogP contribution in [0.1, 0.15) is 22.8 Å². The number of hydrogen-bond donors (Lipinski definition) is 1. The second-order valence-corrected chi connectivity index (χ2v) is 4.21. The lowest BCUT2D eigenvalue weighted by atomic mass is 10.1. The van der Waals surface area contributed by atoms with Crippen molar-refractivity contribution in [2.45, 2.75) is 11.8 Å². The molecule has 0 amide bonds. The van der Waals surface area contributed by atoms with E-state index in [4.69, 9.17) is 10.00 Å². The van der Waals surface area contributed by atoms with Gasteiger partial charge in [-0.1, -0.05) is 0 Å². The number of rotatable bonds is 2. The minimum absolute atomic E-state index is 0.288. The van der Waals surface area contributed by atoms with Crippen LogP contribution in [0.2, 0.25) is 0 Å². The molecule has 3 nitrogen and oxygen atoms in total. The van der Waals surface area contributed by atoms with E-state index in [-0.39, 0.29) is 6.61 Å². The van der Waals surface area contributed by atoms with Gasteiger partial charge in [0.1, 0.15) is 6.07 Å². The molecule has 0 aliphatic carbocycles. The molecule has 0 unspecified atom stereocenters. The van der Waals surface area contributed by atoms with Crippen LogP contribution in [-0.2, 0) is 4.74 Å². The highest BCUT2D eigenvalue weighted by Crippen LogP contribution is 2.24. The van der Waals surface area contributed by atoms with Gasteiger partial charge in [-0.15, -0.1) is 12.6 Å². The fourth-order valence-electron chi connectivity index (χ4n) is 1.06. The summed E-state index contributed by atoms with van der Waals surface area (Å²) in [4.78, 5) is 12.2. The van der Waals surface area contributed by atoms with Gasteiger partial charge in [0, 0.05) is 8.47 Å². The number of benzene rings is 1. The lowest BCUT2D eigenvalue weighted by molar-refractivity contribution is 0.0524. The second kappa shape index (κ2) is 5.37. The topological polar surface area (TPSA) is 50.1 Å². The maximum Gasteiger partial charge on any atom is 0.340 e. The van der Waals surface area contributed by atoms with E-state index in [9.17, 15) is 4.79 Å². The highest BCUT2D eigenvalue weighted by atomic mass is 127. The molecular weight excluding hydrogens is 325 g/mol. The van der Waals surface area contributed by atoms with Crippen LogP contribution in [0.4, 0.5) is 0 Å². The number of nitrogens with zero attached hydrogens (tertiary/aromatic N) is 1. The third kappa shape index (κ3) is 2.63. The normalized spacial score (nSPS) is 9.47. The molecule has 1 aromatic carbocycles.